The molecule has 0 aliphatic heterocycles. The van der Waals surface area contributed by atoms with E-state index in [-0.39, 0.29) is 5.91 Å². The van der Waals surface area contributed by atoms with Crippen LogP contribution in [0.1, 0.15) is 35.4 Å². The van der Waals surface area contributed by atoms with E-state index in [0.29, 0.717) is 18.3 Å². The molecule has 0 unspecified atom stereocenters. The molecular formula is C16H21N3O2. The summed E-state index contributed by atoms with van der Waals surface area (Å²) in [6.07, 6.45) is 4.26. The van der Waals surface area contributed by atoms with E-state index in [1.807, 2.05) is 19.2 Å². The maximum absolute atomic E-state index is 11.9. The standard InChI is InChI=1S/C16H21N3O2/c1-12(13-4-6-14(21-3)7-5-13)8-9-18-16(20)15-17-10-11-19(15)2/h4-7,10-12H,8-9H2,1-3H3,(H,18,20)/t12-/m1/s1. The van der Waals surface area contributed by atoms with Crippen LogP contribution < -0.4 is 10.1 Å². The van der Waals surface area contributed by atoms with Crippen molar-refractivity contribution in [2.45, 2.75) is 19.3 Å². The molecule has 0 saturated carbocycles. The van der Waals surface area contributed by atoms with Gasteiger partial charge >= 0.3 is 0 Å². The Balaban J connectivity index is 1.82. The molecule has 1 N–H and O–H groups in total. The quantitative estimate of drug-likeness (QED) is 0.887. The molecule has 1 atom stereocenters. The minimum atomic E-state index is -0.135. The van der Waals surface area contributed by atoms with Crippen molar-refractivity contribution in [1.29, 1.82) is 0 Å². The maximum atomic E-state index is 11.9. The number of hydrogen-bond acceptors (Lipinski definition) is 3. The van der Waals surface area contributed by atoms with Crippen molar-refractivity contribution in [2.24, 2.45) is 7.05 Å². The zero-order valence-electron chi connectivity index (χ0n) is 12.7. The Kier molecular flexibility index (Phi) is 4.98. The third-order valence-corrected chi connectivity index (χ3v) is 3.57. The number of nitrogens with zero attached hydrogens (tertiary/aromatic N) is 2. The summed E-state index contributed by atoms with van der Waals surface area (Å²) in [5.41, 5.74) is 1.24. The van der Waals surface area contributed by atoms with Crippen LogP contribution in [0.5, 0.6) is 5.75 Å². The van der Waals surface area contributed by atoms with Gasteiger partial charge in [0.15, 0.2) is 5.82 Å². The summed E-state index contributed by atoms with van der Waals surface area (Å²) in [5, 5.41) is 2.90. The number of ether oxygens (including phenoxy) is 1. The Labute approximate surface area is 125 Å². The minimum absolute atomic E-state index is 0.135. The van der Waals surface area contributed by atoms with Crippen LogP contribution in [0.25, 0.3) is 0 Å². The smallest absolute Gasteiger partial charge is 0.287 e. The summed E-state index contributed by atoms with van der Waals surface area (Å²) < 4.78 is 6.86. The fraction of sp³-hybridized carbons (Fsp3) is 0.375. The fourth-order valence-electron chi connectivity index (χ4n) is 2.16. The molecular weight excluding hydrogens is 266 g/mol. The molecule has 2 rings (SSSR count). The Bertz CT molecular complexity index is 590. The van der Waals surface area contributed by atoms with Crippen molar-refractivity contribution in [1.82, 2.24) is 14.9 Å². The minimum Gasteiger partial charge on any atom is -0.497 e. The van der Waals surface area contributed by atoms with Crippen LogP contribution in [0, 0.1) is 0 Å². The number of nitrogens with one attached hydrogen (secondary N) is 1. The molecule has 5 nitrogen and oxygen atoms in total. The van der Waals surface area contributed by atoms with E-state index >= 15 is 0 Å². The predicted molar refractivity (Wildman–Crippen MR) is 81.6 cm³/mol. The zero-order valence-corrected chi connectivity index (χ0v) is 12.7. The van der Waals surface area contributed by atoms with Gasteiger partial charge in [-0.25, -0.2) is 4.98 Å². The van der Waals surface area contributed by atoms with Crippen LogP contribution in [-0.2, 0) is 7.05 Å². The Morgan fingerprint density at radius 1 is 1.38 bits per heavy atom. The van der Waals surface area contributed by atoms with Crippen LogP contribution in [0.4, 0.5) is 0 Å². The van der Waals surface area contributed by atoms with E-state index < -0.39 is 0 Å². The van der Waals surface area contributed by atoms with Gasteiger partial charge in [-0.05, 0) is 30.0 Å². The molecule has 0 fully saturated rings. The first-order valence-electron chi connectivity index (χ1n) is 7.01. The summed E-state index contributed by atoms with van der Waals surface area (Å²) in [6.45, 7) is 2.77. The molecule has 1 heterocycles. The van der Waals surface area contributed by atoms with Gasteiger partial charge in [0.2, 0.25) is 0 Å². The highest BCUT2D eigenvalue weighted by molar-refractivity contribution is 5.90. The predicted octanol–water partition coefficient (Wildman–Crippen LogP) is 2.35. The molecule has 5 heteroatoms. The first kappa shape index (κ1) is 15.1. The van der Waals surface area contributed by atoms with Gasteiger partial charge in [-0.1, -0.05) is 19.1 Å². The second-order valence-corrected chi connectivity index (χ2v) is 5.08. The number of amides is 1. The first-order chi connectivity index (χ1) is 10.1. The van der Waals surface area contributed by atoms with E-state index in [0.717, 1.165) is 12.2 Å². The van der Waals surface area contributed by atoms with Gasteiger partial charge in [-0.2, -0.15) is 0 Å². The monoisotopic (exact) mass is 287 g/mol. The molecule has 2 aromatic rings. The maximum Gasteiger partial charge on any atom is 0.287 e. The number of carbonyl (C=O) groups excluding carboxylic acids is 1. The zero-order chi connectivity index (χ0) is 15.2. The molecule has 1 amide bonds. The van der Waals surface area contributed by atoms with Gasteiger partial charge in [0.25, 0.3) is 5.91 Å². The second-order valence-electron chi connectivity index (χ2n) is 5.08. The third-order valence-electron chi connectivity index (χ3n) is 3.57. The number of aryl methyl sites for hydroxylation is 1. The van der Waals surface area contributed by atoms with Crippen molar-refractivity contribution < 1.29 is 9.53 Å². The third kappa shape index (κ3) is 3.84. The molecule has 112 valence electrons. The lowest BCUT2D eigenvalue weighted by atomic mass is 9.98. The highest BCUT2D eigenvalue weighted by atomic mass is 16.5. The highest BCUT2D eigenvalue weighted by Gasteiger charge is 2.11. The lowest BCUT2D eigenvalue weighted by Gasteiger charge is -2.13. The van der Waals surface area contributed by atoms with Crippen molar-refractivity contribution in [3.8, 4) is 5.75 Å². The van der Waals surface area contributed by atoms with Crippen molar-refractivity contribution in [3.05, 3.63) is 48.0 Å². The van der Waals surface area contributed by atoms with Crippen LogP contribution in [0.3, 0.4) is 0 Å². The molecule has 0 aliphatic carbocycles. The van der Waals surface area contributed by atoms with Gasteiger partial charge in [0, 0.05) is 26.0 Å². The summed E-state index contributed by atoms with van der Waals surface area (Å²) in [6, 6.07) is 8.03. The molecule has 0 bridgehead atoms. The Morgan fingerprint density at radius 2 is 2.10 bits per heavy atom. The van der Waals surface area contributed by atoms with Crippen molar-refractivity contribution in [3.63, 3.8) is 0 Å². The highest BCUT2D eigenvalue weighted by Crippen LogP contribution is 2.21. The number of carbonyl (C=O) groups is 1. The van der Waals surface area contributed by atoms with Crippen molar-refractivity contribution >= 4 is 5.91 Å². The van der Waals surface area contributed by atoms with Crippen LogP contribution in [0.15, 0.2) is 36.7 Å². The number of aromatic nitrogens is 2. The van der Waals surface area contributed by atoms with Gasteiger partial charge in [-0.3, -0.25) is 4.79 Å². The van der Waals surface area contributed by atoms with E-state index in [1.165, 1.54) is 5.56 Å². The fourth-order valence-corrected chi connectivity index (χ4v) is 2.16. The molecule has 1 aromatic heterocycles. The number of benzene rings is 1. The van der Waals surface area contributed by atoms with Crippen LogP contribution in [-0.4, -0.2) is 29.1 Å². The second kappa shape index (κ2) is 6.92. The van der Waals surface area contributed by atoms with Gasteiger partial charge in [0.1, 0.15) is 5.75 Å². The number of imidazole rings is 1. The van der Waals surface area contributed by atoms with E-state index in [2.05, 4.69) is 29.4 Å². The lowest BCUT2D eigenvalue weighted by molar-refractivity contribution is 0.0939. The molecule has 0 aliphatic rings. The van der Waals surface area contributed by atoms with Gasteiger partial charge in [0.05, 0.1) is 7.11 Å². The number of hydrogen-bond donors (Lipinski definition) is 1. The average molecular weight is 287 g/mol. The summed E-state index contributed by atoms with van der Waals surface area (Å²) >= 11 is 0. The molecule has 0 spiro atoms. The molecule has 1 aromatic carbocycles. The van der Waals surface area contributed by atoms with Gasteiger partial charge < -0.3 is 14.6 Å². The average Bonchev–Trinajstić information content (AvgIpc) is 2.93. The number of rotatable bonds is 6. The first-order valence-corrected chi connectivity index (χ1v) is 7.01. The van der Waals surface area contributed by atoms with Crippen molar-refractivity contribution in [2.75, 3.05) is 13.7 Å². The summed E-state index contributed by atoms with van der Waals surface area (Å²) in [7, 11) is 3.47. The molecule has 0 saturated heterocycles. The van der Waals surface area contributed by atoms with E-state index in [9.17, 15) is 4.79 Å². The van der Waals surface area contributed by atoms with Gasteiger partial charge in [-0.15, -0.1) is 0 Å². The molecule has 0 radical (unpaired) electrons. The Morgan fingerprint density at radius 3 is 2.67 bits per heavy atom. The normalized spacial score (nSPS) is 12.0. The lowest BCUT2D eigenvalue weighted by Crippen LogP contribution is -2.27. The van der Waals surface area contributed by atoms with E-state index in [4.69, 9.17) is 4.74 Å². The Hall–Kier alpha value is -2.30. The van der Waals surface area contributed by atoms with Crippen LogP contribution in [0.2, 0.25) is 0 Å². The number of methoxy groups -OCH3 is 1. The molecule has 21 heavy (non-hydrogen) atoms. The van der Waals surface area contributed by atoms with E-state index in [1.54, 1.807) is 24.1 Å². The SMILES string of the molecule is COc1ccc([C@H](C)CCNC(=O)c2nccn2C)cc1. The topological polar surface area (TPSA) is 56.1 Å². The summed E-state index contributed by atoms with van der Waals surface area (Å²) in [4.78, 5) is 15.9. The summed E-state index contributed by atoms with van der Waals surface area (Å²) in [5.74, 6) is 1.53. The van der Waals surface area contributed by atoms with Crippen LogP contribution >= 0.6 is 0 Å². The largest absolute Gasteiger partial charge is 0.497 e.